The lowest BCUT2D eigenvalue weighted by Crippen LogP contribution is -1.98. The first kappa shape index (κ1) is 10.6. The average Bonchev–Trinajstić information content (AvgIpc) is 2.77. The number of aryl methyl sites for hydroxylation is 1. The summed E-state index contributed by atoms with van der Waals surface area (Å²) in [6.07, 6.45) is 3.43. The highest BCUT2D eigenvalue weighted by Gasteiger charge is 1.97. The zero-order valence-electron chi connectivity index (χ0n) is 8.93. The molecule has 0 aliphatic heterocycles. The summed E-state index contributed by atoms with van der Waals surface area (Å²) < 4.78 is 10.7. The van der Waals surface area contributed by atoms with Crippen LogP contribution in [0.5, 0.6) is 11.5 Å². The van der Waals surface area contributed by atoms with E-state index in [1.165, 1.54) is 0 Å². The maximum absolute atomic E-state index is 9.22. The Bertz CT molecular complexity index is 421. The molecule has 0 fully saturated rings. The maximum atomic E-state index is 9.22. The van der Waals surface area contributed by atoms with E-state index in [-0.39, 0.29) is 5.75 Å². The molecule has 3 heteroatoms. The van der Waals surface area contributed by atoms with Gasteiger partial charge in [-0.2, -0.15) is 0 Å². The van der Waals surface area contributed by atoms with Crippen molar-refractivity contribution in [2.75, 3.05) is 6.61 Å². The number of furan rings is 1. The van der Waals surface area contributed by atoms with Crippen molar-refractivity contribution < 1.29 is 14.3 Å². The molecule has 0 saturated carbocycles. The van der Waals surface area contributed by atoms with Crippen molar-refractivity contribution >= 4 is 0 Å². The molecule has 16 heavy (non-hydrogen) atoms. The van der Waals surface area contributed by atoms with Crippen LogP contribution >= 0.6 is 0 Å². The molecule has 0 unspecified atom stereocenters. The molecule has 2 rings (SSSR count). The average molecular weight is 218 g/mol. The molecule has 1 aromatic heterocycles. The molecule has 84 valence electrons. The third-order valence-corrected chi connectivity index (χ3v) is 2.23. The standard InChI is InChI=1S/C13H14O3/c14-11-4-1-5-13(10-11)16-9-3-7-12-6-2-8-15-12/h1-2,4-6,8,10,14H,3,7,9H2. The highest BCUT2D eigenvalue weighted by atomic mass is 16.5. The predicted octanol–water partition coefficient (Wildman–Crippen LogP) is 3.00. The van der Waals surface area contributed by atoms with Gasteiger partial charge in [0.25, 0.3) is 0 Å². The number of ether oxygens (including phenoxy) is 1. The van der Waals surface area contributed by atoms with Crippen LogP contribution in [-0.2, 0) is 6.42 Å². The third kappa shape index (κ3) is 3.05. The number of rotatable bonds is 5. The van der Waals surface area contributed by atoms with Crippen LogP contribution in [0.4, 0.5) is 0 Å². The number of phenols is 1. The monoisotopic (exact) mass is 218 g/mol. The van der Waals surface area contributed by atoms with Gasteiger partial charge in [-0.25, -0.2) is 0 Å². The molecule has 1 heterocycles. The van der Waals surface area contributed by atoms with E-state index < -0.39 is 0 Å². The summed E-state index contributed by atoms with van der Waals surface area (Å²) >= 11 is 0. The molecule has 0 atom stereocenters. The summed E-state index contributed by atoms with van der Waals surface area (Å²) in [4.78, 5) is 0. The Hall–Kier alpha value is -1.90. The first-order chi connectivity index (χ1) is 7.84. The SMILES string of the molecule is Oc1cccc(OCCCc2ccco2)c1. The fourth-order valence-corrected chi connectivity index (χ4v) is 1.46. The van der Waals surface area contributed by atoms with E-state index in [9.17, 15) is 5.11 Å². The summed E-state index contributed by atoms with van der Waals surface area (Å²) in [5.41, 5.74) is 0. The molecule has 3 nitrogen and oxygen atoms in total. The molecule has 0 aliphatic carbocycles. The molecule has 1 N–H and O–H groups in total. The van der Waals surface area contributed by atoms with Crippen molar-refractivity contribution in [3.63, 3.8) is 0 Å². The first-order valence-corrected chi connectivity index (χ1v) is 5.29. The second-order valence-electron chi connectivity index (χ2n) is 3.53. The van der Waals surface area contributed by atoms with E-state index in [4.69, 9.17) is 9.15 Å². The molecular weight excluding hydrogens is 204 g/mol. The van der Waals surface area contributed by atoms with Gasteiger partial charge in [0.15, 0.2) is 0 Å². The molecular formula is C13H14O3. The quantitative estimate of drug-likeness (QED) is 0.784. The van der Waals surface area contributed by atoms with Crippen LogP contribution < -0.4 is 4.74 Å². The highest BCUT2D eigenvalue weighted by Crippen LogP contribution is 2.17. The zero-order chi connectivity index (χ0) is 11.2. The van der Waals surface area contributed by atoms with E-state index in [1.807, 2.05) is 18.2 Å². The fraction of sp³-hybridized carbons (Fsp3) is 0.231. The Morgan fingerprint density at radius 1 is 1.19 bits per heavy atom. The lowest BCUT2D eigenvalue weighted by molar-refractivity contribution is 0.304. The minimum Gasteiger partial charge on any atom is -0.508 e. The van der Waals surface area contributed by atoms with Gasteiger partial charge in [0.2, 0.25) is 0 Å². The lowest BCUT2D eigenvalue weighted by atomic mass is 10.2. The smallest absolute Gasteiger partial charge is 0.122 e. The lowest BCUT2D eigenvalue weighted by Gasteiger charge is -2.05. The van der Waals surface area contributed by atoms with Gasteiger partial charge in [0.05, 0.1) is 12.9 Å². The van der Waals surface area contributed by atoms with E-state index in [0.717, 1.165) is 18.6 Å². The molecule has 0 aliphatic rings. The van der Waals surface area contributed by atoms with E-state index in [0.29, 0.717) is 12.4 Å². The Morgan fingerprint density at radius 2 is 2.12 bits per heavy atom. The summed E-state index contributed by atoms with van der Waals surface area (Å²) in [5.74, 6) is 1.89. The molecule has 0 bridgehead atoms. The number of aromatic hydroxyl groups is 1. The predicted molar refractivity (Wildman–Crippen MR) is 60.6 cm³/mol. The summed E-state index contributed by atoms with van der Waals surface area (Å²) in [5, 5.41) is 9.22. The van der Waals surface area contributed by atoms with Crippen LogP contribution in [0.25, 0.3) is 0 Å². The summed E-state index contributed by atoms with van der Waals surface area (Å²) in [7, 11) is 0. The van der Waals surface area contributed by atoms with Crippen LogP contribution in [-0.4, -0.2) is 11.7 Å². The highest BCUT2D eigenvalue weighted by molar-refractivity contribution is 5.31. The van der Waals surface area contributed by atoms with Gasteiger partial charge in [0, 0.05) is 12.5 Å². The van der Waals surface area contributed by atoms with E-state index in [2.05, 4.69) is 0 Å². The van der Waals surface area contributed by atoms with Gasteiger partial charge in [-0.3, -0.25) is 0 Å². The molecule has 0 amide bonds. The van der Waals surface area contributed by atoms with Crippen LogP contribution in [0.3, 0.4) is 0 Å². The molecule has 0 spiro atoms. The Labute approximate surface area is 94.3 Å². The van der Waals surface area contributed by atoms with Crippen molar-refractivity contribution in [2.45, 2.75) is 12.8 Å². The number of phenolic OH excluding ortho intramolecular Hbond substituents is 1. The van der Waals surface area contributed by atoms with Crippen LogP contribution in [0.15, 0.2) is 47.1 Å². The zero-order valence-corrected chi connectivity index (χ0v) is 8.93. The number of benzene rings is 1. The topological polar surface area (TPSA) is 42.6 Å². The van der Waals surface area contributed by atoms with E-state index in [1.54, 1.807) is 24.5 Å². The summed E-state index contributed by atoms with van der Waals surface area (Å²) in [6, 6.07) is 10.6. The molecule has 0 radical (unpaired) electrons. The Morgan fingerprint density at radius 3 is 2.88 bits per heavy atom. The second-order valence-corrected chi connectivity index (χ2v) is 3.53. The minimum absolute atomic E-state index is 0.225. The Balaban J connectivity index is 1.72. The normalized spacial score (nSPS) is 10.2. The van der Waals surface area contributed by atoms with Gasteiger partial charge >= 0.3 is 0 Å². The van der Waals surface area contributed by atoms with Gasteiger partial charge < -0.3 is 14.3 Å². The number of hydrogen-bond donors (Lipinski definition) is 1. The van der Waals surface area contributed by atoms with Crippen molar-refractivity contribution in [1.82, 2.24) is 0 Å². The molecule has 1 aromatic carbocycles. The van der Waals surface area contributed by atoms with Crippen molar-refractivity contribution in [3.05, 3.63) is 48.4 Å². The molecule has 2 aromatic rings. The third-order valence-electron chi connectivity index (χ3n) is 2.23. The molecule has 0 saturated heterocycles. The Kier molecular flexibility index (Phi) is 3.49. The van der Waals surface area contributed by atoms with Gasteiger partial charge in [-0.1, -0.05) is 6.07 Å². The largest absolute Gasteiger partial charge is 0.508 e. The van der Waals surface area contributed by atoms with E-state index >= 15 is 0 Å². The van der Waals surface area contributed by atoms with Crippen molar-refractivity contribution in [3.8, 4) is 11.5 Å². The minimum atomic E-state index is 0.225. The van der Waals surface area contributed by atoms with Crippen LogP contribution in [0.2, 0.25) is 0 Å². The van der Waals surface area contributed by atoms with Crippen LogP contribution in [0, 0.1) is 0 Å². The van der Waals surface area contributed by atoms with Crippen molar-refractivity contribution in [1.29, 1.82) is 0 Å². The van der Waals surface area contributed by atoms with Gasteiger partial charge in [0.1, 0.15) is 17.3 Å². The van der Waals surface area contributed by atoms with Gasteiger partial charge in [-0.05, 0) is 30.7 Å². The van der Waals surface area contributed by atoms with Crippen molar-refractivity contribution in [2.24, 2.45) is 0 Å². The first-order valence-electron chi connectivity index (χ1n) is 5.29. The summed E-state index contributed by atoms with van der Waals surface area (Å²) in [6.45, 7) is 0.615. The second kappa shape index (κ2) is 5.26. The van der Waals surface area contributed by atoms with Gasteiger partial charge in [-0.15, -0.1) is 0 Å². The maximum Gasteiger partial charge on any atom is 0.122 e. The fourth-order valence-electron chi connectivity index (χ4n) is 1.46. The van der Waals surface area contributed by atoms with Crippen LogP contribution in [0.1, 0.15) is 12.2 Å². The number of hydrogen-bond acceptors (Lipinski definition) is 3.